The SMILES string of the molecule is CCOC(=O)C1CCCC(OS(=O)(=O)C(F)(F)F)C1. The summed E-state index contributed by atoms with van der Waals surface area (Å²) in [7, 11) is -5.61. The average Bonchev–Trinajstić information content (AvgIpc) is 2.27. The monoisotopic (exact) mass is 304 g/mol. The second-order valence-electron chi connectivity index (χ2n) is 4.23. The highest BCUT2D eigenvalue weighted by molar-refractivity contribution is 7.87. The van der Waals surface area contributed by atoms with Crippen molar-refractivity contribution < 1.29 is 35.3 Å². The molecule has 0 heterocycles. The summed E-state index contributed by atoms with van der Waals surface area (Å²) in [6, 6.07) is 0. The first-order valence-electron chi connectivity index (χ1n) is 5.83. The van der Waals surface area contributed by atoms with Gasteiger partial charge < -0.3 is 4.74 Å². The van der Waals surface area contributed by atoms with E-state index >= 15 is 0 Å². The number of halogens is 3. The lowest BCUT2D eigenvalue weighted by atomic mass is 9.87. The first-order valence-corrected chi connectivity index (χ1v) is 7.24. The fourth-order valence-corrected chi connectivity index (χ4v) is 2.58. The van der Waals surface area contributed by atoms with Gasteiger partial charge in [0.15, 0.2) is 0 Å². The summed E-state index contributed by atoms with van der Waals surface area (Å²) < 4.78 is 67.1. The number of alkyl halides is 3. The van der Waals surface area contributed by atoms with Crippen molar-refractivity contribution in [2.45, 2.75) is 44.2 Å². The molecule has 112 valence electrons. The molecule has 0 bridgehead atoms. The quantitative estimate of drug-likeness (QED) is 0.451. The molecule has 0 aliphatic heterocycles. The van der Waals surface area contributed by atoms with E-state index in [4.69, 9.17) is 4.74 Å². The van der Waals surface area contributed by atoms with Crippen molar-refractivity contribution in [3.8, 4) is 0 Å². The zero-order chi connectivity index (χ0) is 14.7. The lowest BCUT2D eigenvalue weighted by molar-refractivity contribution is -0.150. The maximum atomic E-state index is 12.2. The highest BCUT2D eigenvalue weighted by Gasteiger charge is 2.49. The van der Waals surface area contributed by atoms with Crippen molar-refractivity contribution in [1.29, 1.82) is 0 Å². The zero-order valence-corrected chi connectivity index (χ0v) is 11.1. The fourth-order valence-electron chi connectivity index (χ4n) is 1.94. The summed E-state index contributed by atoms with van der Waals surface area (Å²) in [5, 5.41) is 0. The summed E-state index contributed by atoms with van der Waals surface area (Å²) >= 11 is 0. The largest absolute Gasteiger partial charge is 0.523 e. The molecular weight excluding hydrogens is 289 g/mol. The Morgan fingerprint density at radius 3 is 2.47 bits per heavy atom. The molecule has 1 aliphatic rings. The van der Waals surface area contributed by atoms with Crippen LogP contribution in [-0.2, 0) is 23.8 Å². The van der Waals surface area contributed by atoms with Crippen LogP contribution in [0.25, 0.3) is 0 Å². The molecule has 0 radical (unpaired) electrons. The molecule has 1 fully saturated rings. The maximum absolute atomic E-state index is 12.2. The third-order valence-corrected chi connectivity index (χ3v) is 3.88. The molecule has 0 saturated heterocycles. The summed E-state index contributed by atoms with van der Waals surface area (Å²) in [5.41, 5.74) is -5.44. The van der Waals surface area contributed by atoms with Gasteiger partial charge in [-0.1, -0.05) is 0 Å². The molecule has 9 heteroatoms. The molecule has 0 amide bonds. The van der Waals surface area contributed by atoms with Gasteiger partial charge in [-0.05, 0) is 32.6 Å². The molecule has 0 spiro atoms. The van der Waals surface area contributed by atoms with Gasteiger partial charge in [0.25, 0.3) is 0 Å². The molecule has 0 N–H and O–H groups in total. The number of esters is 1. The Labute approximate surface area is 109 Å². The molecule has 2 atom stereocenters. The minimum atomic E-state index is -5.61. The van der Waals surface area contributed by atoms with Gasteiger partial charge in [0.2, 0.25) is 0 Å². The smallest absolute Gasteiger partial charge is 0.466 e. The predicted molar refractivity (Wildman–Crippen MR) is 58.4 cm³/mol. The van der Waals surface area contributed by atoms with Crippen LogP contribution in [0.1, 0.15) is 32.6 Å². The molecule has 1 rings (SSSR count). The van der Waals surface area contributed by atoms with Crippen LogP contribution >= 0.6 is 0 Å². The van der Waals surface area contributed by atoms with Crippen molar-refractivity contribution in [3.63, 3.8) is 0 Å². The minimum Gasteiger partial charge on any atom is -0.466 e. The van der Waals surface area contributed by atoms with Crippen molar-refractivity contribution >= 4 is 16.1 Å². The molecule has 1 aliphatic carbocycles. The molecule has 1 saturated carbocycles. The summed E-state index contributed by atoms with van der Waals surface area (Å²) in [6.07, 6.45) is -0.152. The summed E-state index contributed by atoms with van der Waals surface area (Å²) in [6.45, 7) is 1.78. The number of rotatable bonds is 4. The van der Waals surface area contributed by atoms with Crippen LogP contribution in [0.4, 0.5) is 13.2 Å². The van der Waals surface area contributed by atoms with Gasteiger partial charge in [0, 0.05) is 0 Å². The van der Waals surface area contributed by atoms with Crippen LogP contribution in [0.5, 0.6) is 0 Å². The van der Waals surface area contributed by atoms with Crippen molar-refractivity contribution in [1.82, 2.24) is 0 Å². The van der Waals surface area contributed by atoms with Crippen molar-refractivity contribution in [2.75, 3.05) is 6.61 Å². The fraction of sp³-hybridized carbons (Fsp3) is 0.900. The van der Waals surface area contributed by atoms with E-state index in [1.807, 2.05) is 0 Å². The number of carbonyl (C=O) groups excluding carboxylic acids is 1. The van der Waals surface area contributed by atoms with Gasteiger partial charge in [-0.15, -0.1) is 0 Å². The van der Waals surface area contributed by atoms with Crippen LogP contribution < -0.4 is 0 Å². The van der Waals surface area contributed by atoms with E-state index in [9.17, 15) is 26.4 Å². The van der Waals surface area contributed by atoms with Crippen LogP contribution in [-0.4, -0.2) is 32.6 Å². The Morgan fingerprint density at radius 1 is 1.32 bits per heavy atom. The number of carbonyl (C=O) groups is 1. The third-order valence-electron chi connectivity index (χ3n) is 2.79. The minimum absolute atomic E-state index is 0.0753. The van der Waals surface area contributed by atoms with E-state index in [1.54, 1.807) is 6.92 Å². The topological polar surface area (TPSA) is 69.7 Å². The first-order chi connectivity index (χ1) is 8.67. The molecular formula is C10H15F3O5S. The third kappa shape index (κ3) is 4.34. The normalized spacial score (nSPS) is 25.1. The Kier molecular flexibility index (Phi) is 5.19. The van der Waals surface area contributed by atoms with Gasteiger partial charge in [-0.3, -0.25) is 8.98 Å². The molecule has 0 aromatic heterocycles. The van der Waals surface area contributed by atoms with E-state index in [0.717, 1.165) is 0 Å². The second-order valence-corrected chi connectivity index (χ2v) is 5.80. The van der Waals surface area contributed by atoms with E-state index in [0.29, 0.717) is 12.8 Å². The van der Waals surface area contributed by atoms with Gasteiger partial charge in [0.05, 0.1) is 18.6 Å². The van der Waals surface area contributed by atoms with E-state index < -0.39 is 33.6 Å². The van der Waals surface area contributed by atoms with E-state index in [-0.39, 0.29) is 19.4 Å². The molecule has 0 aromatic carbocycles. The summed E-state index contributed by atoms with van der Waals surface area (Å²) in [4.78, 5) is 11.5. The van der Waals surface area contributed by atoms with E-state index in [2.05, 4.69) is 4.18 Å². The lowest BCUT2D eigenvalue weighted by Gasteiger charge is -2.27. The predicted octanol–water partition coefficient (Wildman–Crippen LogP) is 1.97. The Morgan fingerprint density at radius 2 is 1.95 bits per heavy atom. The van der Waals surface area contributed by atoms with Crippen LogP contribution in [0.15, 0.2) is 0 Å². The second kappa shape index (κ2) is 6.08. The Bertz CT molecular complexity index is 417. The maximum Gasteiger partial charge on any atom is 0.523 e. The van der Waals surface area contributed by atoms with E-state index in [1.165, 1.54) is 0 Å². The van der Waals surface area contributed by atoms with Crippen molar-refractivity contribution in [3.05, 3.63) is 0 Å². The molecule has 0 aromatic rings. The highest BCUT2D eigenvalue weighted by Crippen LogP contribution is 2.32. The van der Waals surface area contributed by atoms with Crippen LogP contribution in [0.3, 0.4) is 0 Å². The average molecular weight is 304 g/mol. The van der Waals surface area contributed by atoms with Gasteiger partial charge in [-0.2, -0.15) is 21.6 Å². The van der Waals surface area contributed by atoms with Crippen LogP contribution in [0.2, 0.25) is 0 Å². The number of hydrogen-bond acceptors (Lipinski definition) is 5. The van der Waals surface area contributed by atoms with Gasteiger partial charge >= 0.3 is 21.6 Å². The molecule has 19 heavy (non-hydrogen) atoms. The molecule has 5 nitrogen and oxygen atoms in total. The standard InChI is InChI=1S/C10H15F3O5S/c1-2-17-9(14)7-4-3-5-8(6-7)18-19(15,16)10(11,12)13/h7-8H,2-6H2,1H3. The zero-order valence-electron chi connectivity index (χ0n) is 10.3. The lowest BCUT2D eigenvalue weighted by Crippen LogP contribution is -2.34. The summed E-state index contributed by atoms with van der Waals surface area (Å²) in [5.74, 6) is -1.14. The van der Waals surface area contributed by atoms with Crippen LogP contribution in [0, 0.1) is 5.92 Å². The van der Waals surface area contributed by atoms with Gasteiger partial charge in [-0.25, -0.2) is 0 Å². The Hall–Kier alpha value is -0.830. The van der Waals surface area contributed by atoms with Gasteiger partial charge in [0.1, 0.15) is 0 Å². The highest BCUT2D eigenvalue weighted by atomic mass is 32.2. The molecule has 2 unspecified atom stereocenters. The van der Waals surface area contributed by atoms with Crippen molar-refractivity contribution in [2.24, 2.45) is 5.92 Å². The number of hydrogen-bond donors (Lipinski definition) is 0. The first kappa shape index (κ1) is 16.2. The Balaban J connectivity index is 2.64. The number of ether oxygens (including phenoxy) is 1.